The Labute approximate surface area is 88.8 Å². The summed E-state index contributed by atoms with van der Waals surface area (Å²) in [6, 6.07) is 8.99. The number of rotatable bonds is 2. The molecule has 0 aliphatic carbocycles. The van der Waals surface area contributed by atoms with Crippen LogP contribution in [0, 0.1) is 0 Å². The van der Waals surface area contributed by atoms with Gasteiger partial charge < -0.3 is 9.79 Å². The average molecular weight is 192 g/mol. The Morgan fingerprint density at radius 1 is 1.15 bits per heavy atom. The molecule has 0 aliphatic rings. The molecule has 0 saturated carbocycles. The van der Waals surface area contributed by atoms with Crippen LogP contribution in [0.4, 0.5) is 0 Å². The Hall–Kier alpha value is -0.293. The quantitative estimate of drug-likeness (QED) is 0.546. The van der Waals surface area contributed by atoms with E-state index in [2.05, 4.69) is 0 Å². The van der Waals surface area contributed by atoms with Crippen molar-refractivity contribution in [1.29, 1.82) is 0 Å². The van der Waals surface area contributed by atoms with Gasteiger partial charge in [-0.05, 0) is 11.6 Å². The van der Waals surface area contributed by atoms with Gasteiger partial charge in [0.2, 0.25) is 0 Å². The van der Waals surface area contributed by atoms with Crippen molar-refractivity contribution in [3.05, 3.63) is 41.7 Å². The van der Waals surface area contributed by atoms with Crippen molar-refractivity contribution in [2.45, 2.75) is 0 Å². The van der Waals surface area contributed by atoms with Crippen molar-refractivity contribution < 1.29 is 14.4 Å². The molecule has 0 radical (unpaired) electrons. The summed E-state index contributed by atoms with van der Waals surface area (Å²) >= 11 is 0. The summed E-state index contributed by atoms with van der Waals surface area (Å²) in [6.45, 7) is 0. The molecule has 0 amide bonds. The first kappa shape index (κ1) is 12.7. The molecule has 0 bridgehead atoms. The van der Waals surface area contributed by atoms with Gasteiger partial charge in [-0.1, -0.05) is 30.3 Å². The molecule has 0 unspecified atom stereocenters. The van der Waals surface area contributed by atoms with Crippen LogP contribution in [-0.4, -0.2) is 28.6 Å². The van der Waals surface area contributed by atoms with Gasteiger partial charge in [-0.3, -0.25) is 4.57 Å². The molecule has 0 atom stereocenters. The van der Waals surface area contributed by atoms with Crippen LogP contribution in [0.1, 0.15) is 5.56 Å². The second-order valence-electron chi connectivity index (χ2n) is 2.32. The zero-order valence-electron chi connectivity index (χ0n) is 6.29. The first-order valence-electron chi connectivity index (χ1n) is 3.37. The predicted molar refractivity (Wildman–Crippen MR) is 54.7 cm³/mol. The molecular weight excluding hydrogens is 182 g/mol. The van der Waals surface area contributed by atoms with Gasteiger partial charge in [0.1, 0.15) is 0 Å². The van der Waals surface area contributed by atoms with Crippen LogP contribution in [0.15, 0.2) is 36.1 Å². The molecule has 3 nitrogen and oxygen atoms in total. The van der Waals surface area contributed by atoms with Crippen LogP contribution in [0.25, 0.3) is 6.08 Å². The van der Waals surface area contributed by atoms with Gasteiger partial charge in [0, 0.05) is 5.82 Å². The van der Waals surface area contributed by atoms with Gasteiger partial charge in [0.05, 0.1) is 0 Å². The maximum absolute atomic E-state index is 10.4. The van der Waals surface area contributed by atoms with Crippen molar-refractivity contribution in [1.82, 2.24) is 0 Å². The molecule has 0 aliphatic heterocycles. The van der Waals surface area contributed by atoms with Gasteiger partial charge in [0.15, 0.2) is 0 Å². The van der Waals surface area contributed by atoms with E-state index < -0.39 is 7.60 Å². The monoisotopic (exact) mass is 192 g/mol. The standard InChI is InChI=1S/C8H9O3P.Li.H/c9-12(10,11)7-6-8-4-2-1-3-5-8;;/h1-7H,(H2,9,10,11);;. The van der Waals surface area contributed by atoms with Gasteiger partial charge in [-0.15, -0.1) is 0 Å². The van der Waals surface area contributed by atoms with Gasteiger partial charge in [0.25, 0.3) is 0 Å². The van der Waals surface area contributed by atoms with E-state index in [1.165, 1.54) is 6.08 Å². The van der Waals surface area contributed by atoms with Gasteiger partial charge >= 0.3 is 26.5 Å². The predicted octanol–water partition coefficient (Wildman–Crippen LogP) is 1.19. The zero-order chi connectivity index (χ0) is 9.03. The first-order valence-corrected chi connectivity index (χ1v) is 5.06. The minimum atomic E-state index is -4.01. The third-order valence-electron chi connectivity index (χ3n) is 1.26. The SMILES string of the molecule is O=P(O)(O)C=Cc1ccccc1.[LiH]. The Bertz CT molecular complexity index is 317. The fourth-order valence-electron chi connectivity index (χ4n) is 0.747. The molecule has 5 heteroatoms. The topological polar surface area (TPSA) is 57.5 Å². The Morgan fingerprint density at radius 2 is 1.69 bits per heavy atom. The molecular formula is C8H10LiO3P. The summed E-state index contributed by atoms with van der Waals surface area (Å²) in [5.74, 6) is 0.891. The fourth-order valence-corrected chi connectivity index (χ4v) is 1.11. The van der Waals surface area contributed by atoms with Crippen LogP contribution in [0.3, 0.4) is 0 Å². The van der Waals surface area contributed by atoms with Crippen molar-refractivity contribution >= 4 is 32.5 Å². The van der Waals surface area contributed by atoms with Crippen LogP contribution >= 0.6 is 7.60 Å². The first-order chi connectivity index (χ1) is 5.58. The van der Waals surface area contributed by atoms with E-state index in [-0.39, 0.29) is 18.9 Å². The fraction of sp³-hybridized carbons (Fsp3) is 0. The number of hydrogen-bond acceptors (Lipinski definition) is 1. The minimum absolute atomic E-state index is 0. The van der Waals surface area contributed by atoms with Crippen molar-refractivity contribution in [3.63, 3.8) is 0 Å². The molecule has 1 aromatic carbocycles. The number of benzene rings is 1. The van der Waals surface area contributed by atoms with Gasteiger partial charge in [-0.2, -0.15) is 0 Å². The molecule has 13 heavy (non-hydrogen) atoms. The van der Waals surface area contributed by atoms with Crippen LogP contribution < -0.4 is 0 Å². The van der Waals surface area contributed by atoms with E-state index in [1.807, 2.05) is 6.07 Å². The maximum atomic E-state index is 10.4. The van der Waals surface area contributed by atoms with Crippen LogP contribution in [0.5, 0.6) is 0 Å². The van der Waals surface area contributed by atoms with Crippen molar-refractivity contribution in [2.75, 3.05) is 0 Å². The summed E-state index contributed by atoms with van der Waals surface area (Å²) in [5.41, 5.74) is 0.779. The zero-order valence-corrected chi connectivity index (χ0v) is 7.19. The molecule has 0 heterocycles. The summed E-state index contributed by atoms with van der Waals surface area (Å²) in [7, 11) is -4.01. The van der Waals surface area contributed by atoms with E-state index in [0.717, 1.165) is 11.4 Å². The van der Waals surface area contributed by atoms with Crippen molar-refractivity contribution in [2.24, 2.45) is 0 Å². The molecule has 0 fully saturated rings. The summed E-state index contributed by atoms with van der Waals surface area (Å²) in [4.78, 5) is 17.0. The van der Waals surface area contributed by atoms with E-state index in [9.17, 15) is 4.57 Å². The van der Waals surface area contributed by atoms with E-state index in [4.69, 9.17) is 9.79 Å². The second-order valence-corrected chi connectivity index (χ2v) is 3.79. The van der Waals surface area contributed by atoms with Gasteiger partial charge in [-0.25, -0.2) is 0 Å². The molecule has 1 rings (SSSR count). The molecule has 2 N–H and O–H groups in total. The molecule has 0 saturated heterocycles. The normalized spacial score (nSPS) is 11.2. The third-order valence-corrected chi connectivity index (χ3v) is 1.80. The molecule has 1 aromatic rings. The van der Waals surface area contributed by atoms with Crippen LogP contribution in [0.2, 0.25) is 0 Å². The van der Waals surface area contributed by atoms with Crippen molar-refractivity contribution in [3.8, 4) is 0 Å². The summed E-state index contributed by atoms with van der Waals surface area (Å²) < 4.78 is 10.4. The second kappa shape index (κ2) is 5.44. The molecule has 66 valence electrons. The number of hydrogen-bond donors (Lipinski definition) is 2. The third kappa shape index (κ3) is 5.87. The molecule has 0 spiro atoms. The van der Waals surface area contributed by atoms with E-state index in [0.29, 0.717) is 0 Å². The Morgan fingerprint density at radius 3 is 2.15 bits per heavy atom. The van der Waals surface area contributed by atoms with E-state index >= 15 is 0 Å². The summed E-state index contributed by atoms with van der Waals surface area (Å²) in [6.07, 6.45) is 1.40. The van der Waals surface area contributed by atoms with E-state index in [1.54, 1.807) is 24.3 Å². The summed E-state index contributed by atoms with van der Waals surface area (Å²) in [5, 5.41) is 0. The average Bonchev–Trinajstić information content (AvgIpc) is 2.02. The molecule has 0 aromatic heterocycles. The van der Waals surface area contributed by atoms with Crippen LogP contribution in [-0.2, 0) is 4.57 Å². The Kier molecular flexibility index (Phi) is 5.32. The Balaban J connectivity index is 0.00000144.